The van der Waals surface area contributed by atoms with Crippen LogP contribution in [0.4, 0.5) is 5.69 Å². The van der Waals surface area contributed by atoms with Gasteiger partial charge in [-0.05, 0) is 50.1 Å². The molecule has 1 fully saturated rings. The molecule has 0 spiro atoms. The number of ether oxygens (including phenoxy) is 2. The molecule has 1 aliphatic heterocycles. The first-order valence-electron chi connectivity index (χ1n) is 10.8. The van der Waals surface area contributed by atoms with Crippen molar-refractivity contribution in [3.63, 3.8) is 0 Å². The van der Waals surface area contributed by atoms with Crippen LogP contribution in [0.5, 0.6) is 5.75 Å². The molecule has 2 aromatic rings. The Morgan fingerprint density at radius 3 is 2.70 bits per heavy atom. The van der Waals surface area contributed by atoms with Crippen LogP contribution in [0.2, 0.25) is 0 Å². The van der Waals surface area contributed by atoms with Gasteiger partial charge in [0.25, 0.3) is 0 Å². The van der Waals surface area contributed by atoms with Gasteiger partial charge in [-0.1, -0.05) is 30.3 Å². The Morgan fingerprint density at radius 2 is 1.93 bits per heavy atom. The molecule has 0 radical (unpaired) electrons. The normalized spacial score (nSPS) is 15.6. The van der Waals surface area contributed by atoms with Gasteiger partial charge in [0.2, 0.25) is 0 Å². The average Bonchev–Trinajstić information content (AvgIpc) is 2.76. The average molecular weight is 411 g/mol. The van der Waals surface area contributed by atoms with Crippen molar-refractivity contribution in [3.05, 3.63) is 59.7 Å². The lowest BCUT2D eigenvalue weighted by Gasteiger charge is -2.30. The molecule has 0 saturated carbocycles. The van der Waals surface area contributed by atoms with E-state index in [1.54, 1.807) is 0 Å². The summed E-state index contributed by atoms with van der Waals surface area (Å²) >= 11 is 0. The highest BCUT2D eigenvalue weighted by Crippen LogP contribution is 2.22. The van der Waals surface area contributed by atoms with Crippen LogP contribution in [0.1, 0.15) is 25.0 Å². The summed E-state index contributed by atoms with van der Waals surface area (Å²) in [5.74, 6) is 1.69. The molecule has 30 heavy (non-hydrogen) atoms. The van der Waals surface area contributed by atoms with E-state index in [-0.39, 0.29) is 6.10 Å². The Balaban J connectivity index is 1.59. The molecule has 2 N–H and O–H groups in total. The van der Waals surface area contributed by atoms with Crippen LogP contribution in [0.15, 0.2) is 53.5 Å². The number of rotatable bonds is 8. The lowest BCUT2D eigenvalue weighted by molar-refractivity contribution is 0.122. The number of nitrogens with zero attached hydrogens (tertiary/aromatic N) is 2. The van der Waals surface area contributed by atoms with E-state index >= 15 is 0 Å². The van der Waals surface area contributed by atoms with Crippen LogP contribution in [0.25, 0.3) is 0 Å². The third kappa shape index (κ3) is 6.66. The fourth-order valence-electron chi connectivity index (χ4n) is 3.47. The predicted molar refractivity (Wildman–Crippen MR) is 124 cm³/mol. The maximum Gasteiger partial charge on any atom is 0.191 e. The van der Waals surface area contributed by atoms with Crippen LogP contribution < -0.4 is 20.3 Å². The zero-order chi connectivity index (χ0) is 21.2. The molecule has 2 aromatic carbocycles. The molecule has 0 amide bonds. The lowest BCUT2D eigenvalue weighted by atomic mass is 10.1. The molecule has 1 atom stereocenters. The number of anilines is 1. The lowest BCUT2D eigenvalue weighted by Crippen LogP contribution is -2.41. The molecule has 162 valence electrons. The first-order valence-corrected chi connectivity index (χ1v) is 10.8. The zero-order valence-corrected chi connectivity index (χ0v) is 18.4. The summed E-state index contributed by atoms with van der Waals surface area (Å²) in [6.45, 7) is 11.7. The fourth-order valence-corrected chi connectivity index (χ4v) is 3.47. The molecular formula is C24H34N4O2. The van der Waals surface area contributed by atoms with Crippen molar-refractivity contribution in [1.82, 2.24) is 10.6 Å². The fraction of sp³-hybridized carbons (Fsp3) is 0.458. The summed E-state index contributed by atoms with van der Waals surface area (Å²) in [7, 11) is 0. The monoisotopic (exact) mass is 410 g/mol. The molecule has 0 aliphatic carbocycles. The number of aliphatic imine (C=N–C) groups is 1. The van der Waals surface area contributed by atoms with Gasteiger partial charge in [-0.3, -0.25) is 0 Å². The summed E-state index contributed by atoms with van der Waals surface area (Å²) in [5.41, 5.74) is 3.67. The molecule has 6 heteroatoms. The van der Waals surface area contributed by atoms with Crippen molar-refractivity contribution in [1.29, 1.82) is 0 Å². The van der Waals surface area contributed by atoms with Crippen LogP contribution >= 0.6 is 0 Å². The zero-order valence-electron chi connectivity index (χ0n) is 18.4. The van der Waals surface area contributed by atoms with Crippen molar-refractivity contribution in [3.8, 4) is 5.75 Å². The molecular weight excluding hydrogens is 376 g/mol. The summed E-state index contributed by atoms with van der Waals surface area (Å²) in [5, 5.41) is 6.73. The van der Waals surface area contributed by atoms with Crippen molar-refractivity contribution in [2.24, 2.45) is 4.99 Å². The highest BCUT2D eigenvalue weighted by molar-refractivity contribution is 5.79. The third-order valence-electron chi connectivity index (χ3n) is 4.98. The SMILES string of the molecule is CCNC(=NCc1ccccc1N1CCOCC1)NCC(C)Oc1cccc(C)c1. The second-order valence-corrected chi connectivity index (χ2v) is 7.55. The minimum Gasteiger partial charge on any atom is -0.489 e. The number of nitrogens with one attached hydrogen (secondary N) is 2. The summed E-state index contributed by atoms with van der Waals surface area (Å²) in [6, 6.07) is 16.6. The predicted octanol–water partition coefficient (Wildman–Crippen LogP) is 3.35. The van der Waals surface area contributed by atoms with Crippen LogP contribution in [0.3, 0.4) is 0 Å². The topological polar surface area (TPSA) is 58.1 Å². The molecule has 0 bridgehead atoms. The highest BCUT2D eigenvalue weighted by atomic mass is 16.5. The van der Waals surface area contributed by atoms with Gasteiger partial charge in [-0.2, -0.15) is 0 Å². The smallest absolute Gasteiger partial charge is 0.191 e. The molecule has 1 aliphatic rings. The third-order valence-corrected chi connectivity index (χ3v) is 4.98. The van der Waals surface area contributed by atoms with Gasteiger partial charge in [0, 0.05) is 25.3 Å². The highest BCUT2D eigenvalue weighted by Gasteiger charge is 2.14. The number of hydrogen-bond donors (Lipinski definition) is 2. The van der Waals surface area contributed by atoms with Crippen molar-refractivity contribution in [2.75, 3.05) is 44.3 Å². The quantitative estimate of drug-likeness (QED) is 0.516. The van der Waals surface area contributed by atoms with Gasteiger partial charge in [-0.25, -0.2) is 4.99 Å². The minimum absolute atomic E-state index is 0.0243. The largest absolute Gasteiger partial charge is 0.489 e. The van der Waals surface area contributed by atoms with Crippen molar-refractivity contribution in [2.45, 2.75) is 33.4 Å². The molecule has 0 aromatic heterocycles. The molecule has 1 saturated heterocycles. The van der Waals surface area contributed by atoms with E-state index in [9.17, 15) is 0 Å². The number of benzene rings is 2. The van der Waals surface area contributed by atoms with Gasteiger partial charge in [0.05, 0.1) is 26.3 Å². The second kappa shape index (κ2) is 11.5. The molecule has 6 nitrogen and oxygen atoms in total. The van der Waals surface area contributed by atoms with Crippen molar-refractivity contribution < 1.29 is 9.47 Å². The van der Waals surface area contributed by atoms with Crippen molar-refractivity contribution >= 4 is 11.6 Å². The number of aryl methyl sites for hydroxylation is 1. The van der Waals surface area contributed by atoms with Crippen LogP contribution in [-0.4, -0.2) is 51.5 Å². The van der Waals surface area contributed by atoms with E-state index in [1.165, 1.54) is 16.8 Å². The van der Waals surface area contributed by atoms with E-state index in [0.717, 1.165) is 44.6 Å². The summed E-state index contributed by atoms with van der Waals surface area (Å²) in [4.78, 5) is 7.19. The van der Waals surface area contributed by atoms with Gasteiger partial charge in [0.15, 0.2) is 5.96 Å². The van der Waals surface area contributed by atoms with E-state index in [1.807, 2.05) is 12.1 Å². The van der Waals surface area contributed by atoms with Gasteiger partial charge < -0.3 is 25.0 Å². The maximum atomic E-state index is 6.02. The van der Waals surface area contributed by atoms with Gasteiger partial charge in [0.1, 0.15) is 11.9 Å². The van der Waals surface area contributed by atoms with Gasteiger partial charge >= 0.3 is 0 Å². The standard InChI is InChI=1S/C24H34N4O2/c1-4-25-24(26-17-20(3)30-22-10-7-8-19(2)16-22)27-18-21-9-5-6-11-23(21)28-12-14-29-15-13-28/h5-11,16,20H,4,12-15,17-18H2,1-3H3,(H2,25,26,27). The van der Waals surface area contributed by atoms with Gasteiger partial charge in [-0.15, -0.1) is 0 Å². The summed E-state index contributed by atoms with van der Waals surface area (Å²) < 4.78 is 11.5. The van der Waals surface area contributed by atoms with E-state index in [4.69, 9.17) is 14.5 Å². The van der Waals surface area contributed by atoms with E-state index in [2.05, 4.69) is 72.7 Å². The Morgan fingerprint density at radius 1 is 1.13 bits per heavy atom. The number of para-hydroxylation sites is 1. The van der Waals surface area contributed by atoms with E-state index < -0.39 is 0 Å². The first kappa shape index (κ1) is 22.0. The molecule has 1 unspecified atom stereocenters. The molecule has 1 heterocycles. The van der Waals surface area contributed by atoms with Crippen LogP contribution in [0, 0.1) is 6.92 Å². The Labute approximate surface area is 180 Å². The second-order valence-electron chi connectivity index (χ2n) is 7.55. The Bertz CT molecular complexity index is 818. The minimum atomic E-state index is 0.0243. The Kier molecular flexibility index (Phi) is 8.39. The number of morpholine rings is 1. The summed E-state index contributed by atoms with van der Waals surface area (Å²) in [6.07, 6.45) is 0.0243. The Hall–Kier alpha value is -2.73. The molecule has 3 rings (SSSR count). The van der Waals surface area contributed by atoms with Crippen LogP contribution in [-0.2, 0) is 11.3 Å². The first-order chi connectivity index (χ1) is 14.7. The van der Waals surface area contributed by atoms with E-state index in [0.29, 0.717) is 13.1 Å². The maximum absolute atomic E-state index is 6.02. The number of guanidine groups is 1. The number of hydrogen-bond acceptors (Lipinski definition) is 4.